The summed E-state index contributed by atoms with van der Waals surface area (Å²) in [5.41, 5.74) is -0.601. The van der Waals surface area contributed by atoms with Gasteiger partial charge in [-0.15, -0.1) is 0 Å². The molecule has 1 aromatic carbocycles. The van der Waals surface area contributed by atoms with Crippen LogP contribution in [-0.4, -0.2) is 16.8 Å². The summed E-state index contributed by atoms with van der Waals surface area (Å²) in [6, 6.07) is 9.64. The van der Waals surface area contributed by atoms with Gasteiger partial charge in [-0.25, -0.2) is 0 Å². The molecular formula is C12H16O2. The second-order valence-corrected chi connectivity index (χ2v) is 4.17. The molecule has 3 unspecified atom stereocenters. The van der Waals surface area contributed by atoms with Crippen LogP contribution in [0, 0.1) is 5.92 Å². The lowest BCUT2D eigenvalue weighted by Crippen LogP contribution is -2.32. The number of benzene rings is 1. The molecule has 2 rings (SSSR count). The largest absolute Gasteiger partial charge is 0.488 e. The SMILES string of the molecule is CC1CC1(O)C(C)Oc1ccccc1. The summed E-state index contributed by atoms with van der Waals surface area (Å²) < 4.78 is 5.66. The van der Waals surface area contributed by atoms with Gasteiger partial charge in [-0.05, 0) is 31.4 Å². The molecule has 1 N–H and O–H groups in total. The Kier molecular flexibility index (Phi) is 2.23. The van der Waals surface area contributed by atoms with Gasteiger partial charge in [0, 0.05) is 0 Å². The Morgan fingerprint density at radius 2 is 2.00 bits per heavy atom. The number of para-hydroxylation sites is 1. The number of ether oxygens (including phenoxy) is 1. The van der Waals surface area contributed by atoms with Gasteiger partial charge >= 0.3 is 0 Å². The van der Waals surface area contributed by atoms with Gasteiger partial charge in [-0.1, -0.05) is 25.1 Å². The minimum Gasteiger partial charge on any atom is -0.488 e. The van der Waals surface area contributed by atoms with Crippen LogP contribution in [-0.2, 0) is 0 Å². The van der Waals surface area contributed by atoms with Gasteiger partial charge in [0.1, 0.15) is 17.5 Å². The molecule has 1 fully saturated rings. The molecule has 2 heteroatoms. The van der Waals surface area contributed by atoms with E-state index >= 15 is 0 Å². The number of hydrogen-bond acceptors (Lipinski definition) is 2. The second-order valence-electron chi connectivity index (χ2n) is 4.17. The fourth-order valence-electron chi connectivity index (χ4n) is 1.80. The zero-order valence-corrected chi connectivity index (χ0v) is 8.60. The van der Waals surface area contributed by atoms with E-state index in [1.807, 2.05) is 44.2 Å². The molecule has 0 bridgehead atoms. The maximum absolute atomic E-state index is 10.0. The predicted octanol–water partition coefficient (Wildman–Crippen LogP) is 2.22. The van der Waals surface area contributed by atoms with E-state index in [0.29, 0.717) is 5.92 Å². The molecule has 1 aliphatic rings. The topological polar surface area (TPSA) is 29.5 Å². The van der Waals surface area contributed by atoms with Crippen LogP contribution < -0.4 is 4.74 Å². The van der Waals surface area contributed by atoms with Crippen molar-refractivity contribution >= 4 is 0 Å². The number of hydrogen-bond donors (Lipinski definition) is 1. The van der Waals surface area contributed by atoms with E-state index < -0.39 is 5.60 Å². The molecule has 0 amide bonds. The van der Waals surface area contributed by atoms with Crippen molar-refractivity contribution in [1.29, 1.82) is 0 Å². The first-order chi connectivity index (χ1) is 6.63. The van der Waals surface area contributed by atoms with Gasteiger partial charge in [-0.2, -0.15) is 0 Å². The maximum Gasteiger partial charge on any atom is 0.125 e. The Hall–Kier alpha value is -1.02. The third kappa shape index (κ3) is 1.62. The standard InChI is InChI=1S/C12H16O2/c1-9-8-12(9,13)10(2)14-11-6-4-3-5-7-11/h3-7,9-10,13H,8H2,1-2H3. The summed E-state index contributed by atoms with van der Waals surface area (Å²) >= 11 is 0. The maximum atomic E-state index is 10.0. The highest BCUT2D eigenvalue weighted by molar-refractivity contribution is 5.22. The van der Waals surface area contributed by atoms with Crippen molar-refractivity contribution in [2.24, 2.45) is 5.92 Å². The van der Waals surface area contributed by atoms with Crippen molar-refractivity contribution in [2.45, 2.75) is 32.0 Å². The summed E-state index contributed by atoms with van der Waals surface area (Å²) in [7, 11) is 0. The predicted molar refractivity (Wildman–Crippen MR) is 55.3 cm³/mol. The van der Waals surface area contributed by atoms with E-state index in [0.717, 1.165) is 12.2 Å². The van der Waals surface area contributed by atoms with E-state index in [1.54, 1.807) is 0 Å². The van der Waals surface area contributed by atoms with Crippen LogP contribution in [0.25, 0.3) is 0 Å². The van der Waals surface area contributed by atoms with Gasteiger partial charge in [-0.3, -0.25) is 0 Å². The first kappa shape index (κ1) is 9.53. The zero-order chi connectivity index (χ0) is 10.2. The van der Waals surface area contributed by atoms with Crippen LogP contribution in [0.2, 0.25) is 0 Å². The fourth-order valence-corrected chi connectivity index (χ4v) is 1.80. The third-order valence-corrected chi connectivity index (χ3v) is 3.09. The number of aliphatic hydroxyl groups is 1. The molecule has 0 aliphatic heterocycles. The molecular weight excluding hydrogens is 176 g/mol. The van der Waals surface area contributed by atoms with Crippen molar-refractivity contribution in [3.63, 3.8) is 0 Å². The molecule has 3 atom stereocenters. The Labute approximate surface area is 84.5 Å². The first-order valence-electron chi connectivity index (χ1n) is 5.07. The average Bonchev–Trinajstić information content (AvgIpc) is 2.78. The molecule has 1 aliphatic carbocycles. The van der Waals surface area contributed by atoms with E-state index in [1.165, 1.54) is 0 Å². The Bertz CT molecular complexity index is 309. The van der Waals surface area contributed by atoms with Crippen molar-refractivity contribution in [3.8, 4) is 5.75 Å². The molecule has 76 valence electrons. The Morgan fingerprint density at radius 1 is 1.43 bits per heavy atom. The molecule has 0 saturated heterocycles. The van der Waals surface area contributed by atoms with Crippen molar-refractivity contribution in [3.05, 3.63) is 30.3 Å². The molecule has 0 radical (unpaired) electrons. The quantitative estimate of drug-likeness (QED) is 0.795. The number of rotatable bonds is 3. The smallest absolute Gasteiger partial charge is 0.125 e. The first-order valence-corrected chi connectivity index (χ1v) is 5.07. The molecule has 1 saturated carbocycles. The molecule has 2 nitrogen and oxygen atoms in total. The van der Waals surface area contributed by atoms with Crippen molar-refractivity contribution < 1.29 is 9.84 Å². The fraction of sp³-hybridized carbons (Fsp3) is 0.500. The lowest BCUT2D eigenvalue weighted by Gasteiger charge is -2.20. The van der Waals surface area contributed by atoms with Crippen molar-refractivity contribution in [1.82, 2.24) is 0 Å². The Balaban J connectivity index is 1.99. The summed E-state index contributed by atoms with van der Waals surface area (Å²) in [5.74, 6) is 1.19. The molecule has 14 heavy (non-hydrogen) atoms. The third-order valence-electron chi connectivity index (χ3n) is 3.09. The highest BCUT2D eigenvalue weighted by Crippen LogP contribution is 2.46. The monoisotopic (exact) mass is 192 g/mol. The second kappa shape index (κ2) is 3.28. The van der Waals surface area contributed by atoms with Crippen LogP contribution >= 0.6 is 0 Å². The minimum atomic E-state index is -0.601. The van der Waals surface area contributed by atoms with Crippen LogP contribution in [0.4, 0.5) is 0 Å². The van der Waals surface area contributed by atoms with Gasteiger partial charge in [0.05, 0.1) is 0 Å². The summed E-state index contributed by atoms with van der Waals surface area (Å²) in [5, 5.41) is 10.0. The van der Waals surface area contributed by atoms with E-state index in [-0.39, 0.29) is 6.10 Å². The van der Waals surface area contributed by atoms with Gasteiger partial charge in [0.25, 0.3) is 0 Å². The molecule has 0 spiro atoms. The average molecular weight is 192 g/mol. The molecule has 1 aromatic rings. The van der Waals surface area contributed by atoms with Gasteiger partial charge < -0.3 is 9.84 Å². The zero-order valence-electron chi connectivity index (χ0n) is 8.60. The Morgan fingerprint density at radius 3 is 2.50 bits per heavy atom. The minimum absolute atomic E-state index is 0.125. The molecule has 0 heterocycles. The highest BCUT2D eigenvalue weighted by Gasteiger charge is 2.55. The lowest BCUT2D eigenvalue weighted by atomic mass is 10.1. The lowest BCUT2D eigenvalue weighted by molar-refractivity contribution is 0.0160. The molecule has 0 aromatic heterocycles. The van der Waals surface area contributed by atoms with Crippen LogP contribution in [0.3, 0.4) is 0 Å². The summed E-state index contributed by atoms with van der Waals surface area (Å²) in [4.78, 5) is 0. The normalized spacial score (nSPS) is 32.4. The van der Waals surface area contributed by atoms with Crippen LogP contribution in [0.5, 0.6) is 5.75 Å². The van der Waals surface area contributed by atoms with Crippen LogP contribution in [0.15, 0.2) is 30.3 Å². The summed E-state index contributed by atoms with van der Waals surface area (Å²) in [6.07, 6.45) is 0.723. The van der Waals surface area contributed by atoms with Gasteiger partial charge in [0.15, 0.2) is 0 Å². The van der Waals surface area contributed by atoms with Crippen LogP contribution in [0.1, 0.15) is 20.3 Å². The van der Waals surface area contributed by atoms with Gasteiger partial charge in [0.2, 0.25) is 0 Å². The van der Waals surface area contributed by atoms with E-state index in [2.05, 4.69) is 0 Å². The van der Waals surface area contributed by atoms with E-state index in [4.69, 9.17) is 4.74 Å². The highest BCUT2D eigenvalue weighted by atomic mass is 16.5. The van der Waals surface area contributed by atoms with E-state index in [9.17, 15) is 5.11 Å². The summed E-state index contributed by atoms with van der Waals surface area (Å²) in [6.45, 7) is 3.97. The van der Waals surface area contributed by atoms with Crippen molar-refractivity contribution in [2.75, 3.05) is 0 Å².